The molecule has 12 nitrogen and oxygen atoms in total. The van der Waals surface area contributed by atoms with Crippen molar-refractivity contribution in [1.29, 1.82) is 0 Å². The van der Waals surface area contributed by atoms with Gasteiger partial charge in [-0.25, -0.2) is 4.79 Å². The van der Waals surface area contributed by atoms with Gasteiger partial charge in [-0.15, -0.1) is 0 Å². The van der Waals surface area contributed by atoms with Crippen LogP contribution in [0.2, 0.25) is 0 Å². The summed E-state index contributed by atoms with van der Waals surface area (Å²) >= 11 is 0. The summed E-state index contributed by atoms with van der Waals surface area (Å²) in [7, 11) is 4.35. The third kappa shape index (κ3) is 5.32. The molecule has 0 aliphatic carbocycles. The average molecular weight is 404 g/mol. The van der Waals surface area contributed by atoms with Crippen molar-refractivity contribution in [3.05, 3.63) is 32.6 Å². The van der Waals surface area contributed by atoms with Crippen LogP contribution in [0, 0.1) is 0 Å². The summed E-state index contributed by atoms with van der Waals surface area (Å²) in [5, 5.41) is 0. The second-order valence-corrected chi connectivity index (χ2v) is 5.77. The molecule has 2 rings (SSSR count). The first kappa shape index (κ1) is 22.4. The topological polar surface area (TPSA) is 137 Å². The molecule has 158 valence electrons. The predicted octanol–water partition coefficient (Wildman–Crippen LogP) is -1.15. The summed E-state index contributed by atoms with van der Waals surface area (Å²) < 4.78 is 38.4. The predicted molar refractivity (Wildman–Crippen MR) is 91.9 cm³/mol. The molecule has 1 aromatic heterocycles. The summed E-state index contributed by atoms with van der Waals surface area (Å²) in [6, 6.07) is 0.991. The minimum Gasteiger partial charge on any atom is -0.359 e. The Morgan fingerprint density at radius 2 is 1.71 bits per heavy atom. The highest BCUT2D eigenvalue weighted by molar-refractivity contribution is 5.71. The lowest BCUT2D eigenvalue weighted by Gasteiger charge is -2.25. The summed E-state index contributed by atoms with van der Waals surface area (Å²) in [4.78, 5) is 37.4. The number of H-pyrrole nitrogens is 1. The molecule has 0 aromatic carbocycles. The van der Waals surface area contributed by atoms with Gasteiger partial charge < -0.3 is 33.2 Å². The van der Waals surface area contributed by atoms with Crippen LogP contribution in [0.1, 0.15) is 16.7 Å². The van der Waals surface area contributed by atoms with Crippen molar-refractivity contribution in [2.24, 2.45) is 0 Å². The fourth-order valence-corrected chi connectivity index (χ4v) is 2.85. The van der Waals surface area contributed by atoms with E-state index in [2.05, 4.69) is 4.98 Å². The summed E-state index contributed by atoms with van der Waals surface area (Å²) in [5.41, 5.74) is -1.70. The van der Waals surface area contributed by atoms with Crippen LogP contribution in [0.5, 0.6) is 0 Å². The third-order valence-electron chi connectivity index (χ3n) is 3.91. The van der Waals surface area contributed by atoms with Crippen LogP contribution in [0.25, 0.3) is 0 Å². The lowest BCUT2D eigenvalue weighted by molar-refractivity contribution is -0.161. The number of aromatic amines is 1. The van der Waals surface area contributed by atoms with E-state index in [4.69, 9.17) is 33.2 Å². The van der Waals surface area contributed by atoms with Crippen LogP contribution < -0.4 is 11.2 Å². The normalized spacial score (nSPS) is 24.5. The molecular formula is C16H24N2O10. The number of methoxy groups -OCH3 is 3. The first-order valence-corrected chi connectivity index (χ1v) is 8.31. The van der Waals surface area contributed by atoms with E-state index in [0.29, 0.717) is 6.29 Å². The molecule has 28 heavy (non-hydrogen) atoms. The number of hydrogen-bond donors (Lipinski definition) is 1. The van der Waals surface area contributed by atoms with Gasteiger partial charge in [-0.3, -0.25) is 19.1 Å². The minimum atomic E-state index is -1.09. The fourth-order valence-electron chi connectivity index (χ4n) is 2.85. The molecule has 1 saturated heterocycles. The SMILES string of the molecule is COCOC[C@H]1O[C@@H](n2c(C=O)cc(=O)[nH]c2=O)[C@H](OCOC)[C@@H]1OCOC. The van der Waals surface area contributed by atoms with Gasteiger partial charge >= 0.3 is 5.69 Å². The van der Waals surface area contributed by atoms with Crippen LogP contribution in [-0.2, 0) is 33.2 Å². The number of carbonyl (C=O) groups is 1. The maximum atomic E-state index is 12.4. The Labute approximate surface area is 160 Å². The number of aromatic nitrogens is 2. The van der Waals surface area contributed by atoms with Crippen molar-refractivity contribution >= 4 is 6.29 Å². The van der Waals surface area contributed by atoms with E-state index >= 15 is 0 Å². The van der Waals surface area contributed by atoms with Gasteiger partial charge in [0.15, 0.2) is 12.5 Å². The zero-order valence-electron chi connectivity index (χ0n) is 15.8. The largest absolute Gasteiger partial charge is 0.359 e. The summed E-state index contributed by atoms with van der Waals surface area (Å²) in [5.74, 6) is 0. The van der Waals surface area contributed by atoms with Crippen LogP contribution >= 0.6 is 0 Å². The molecule has 0 radical (unpaired) electrons. The molecule has 1 aromatic rings. The Morgan fingerprint density at radius 1 is 1.07 bits per heavy atom. The summed E-state index contributed by atoms with van der Waals surface area (Å²) in [6.45, 7) is -0.129. The number of nitrogens with zero attached hydrogens (tertiary/aromatic N) is 1. The van der Waals surface area contributed by atoms with E-state index in [-0.39, 0.29) is 32.7 Å². The maximum Gasteiger partial charge on any atom is 0.331 e. The zero-order chi connectivity index (χ0) is 20.5. The fraction of sp³-hybridized carbons (Fsp3) is 0.688. The minimum absolute atomic E-state index is 0.0172. The zero-order valence-corrected chi connectivity index (χ0v) is 15.8. The van der Waals surface area contributed by atoms with Gasteiger partial charge in [-0.2, -0.15) is 0 Å². The van der Waals surface area contributed by atoms with Crippen LogP contribution in [0.4, 0.5) is 0 Å². The number of aldehydes is 1. The molecule has 12 heteroatoms. The molecule has 4 atom stereocenters. The second-order valence-electron chi connectivity index (χ2n) is 5.77. The lowest BCUT2D eigenvalue weighted by Crippen LogP contribution is -2.42. The quantitative estimate of drug-likeness (QED) is 0.258. The molecule has 1 fully saturated rings. The van der Waals surface area contributed by atoms with Crippen LogP contribution in [-0.4, -0.2) is 82.5 Å². The van der Waals surface area contributed by atoms with Gasteiger partial charge in [0.05, 0.1) is 12.3 Å². The highest BCUT2D eigenvalue weighted by atomic mass is 16.7. The monoisotopic (exact) mass is 404 g/mol. The second kappa shape index (κ2) is 11.2. The summed E-state index contributed by atoms with van der Waals surface area (Å²) in [6.07, 6.45) is -2.98. The van der Waals surface area contributed by atoms with Crippen molar-refractivity contribution in [2.45, 2.75) is 24.5 Å². The van der Waals surface area contributed by atoms with E-state index < -0.39 is 35.8 Å². The van der Waals surface area contributed by atoms with Gasteiger partial charge in [-0.05, 0) is 0 Å². The molecule has 1 aliphatic rings. The molecule has 1 aliphatic heterocycles. The number of carbonyl (C=O) groups excluding carboxylic acids is 1. The number of nitrogens with one attached hydrogen (secondary N) is 1. The molecule has 0 unspecified atom stereocenters. The molecule has 0 bridgehead atoms. The first-order chi connectivity index (χ1) is 13.6. The number of ether oxygens (including phenoxy) is 7. The Balaban J connectivity index is 2.41. The van der Waals surface area contributed by atoms with E-state index in [1.165, 1.54) is 21.3 Å². The first-order valence-electron chi connectivity index (χ1n) is 8.31. The van der Waals surface area contributed by atoms with Crippen molar-refractivity contribution in [1.82, 2.24) is 9.55 Å². The van der Waals surface area contributed by atoms with Crippen molar-refractivity contribution < 1.29 is 38.0 Å². The molecular weight excluding hydrogens is 380 g/mol. The molecule has 0 amide bonds. The lowest BCUT2D eigenvalue weighted by atomic mass is 10.1. The van der Waals surface area contributed by atoms with Gasteiger partial charge in [-0.1, -0.05) is 0 Å². The van der Waals surface area contributed by atoms with Crippen LogP contribution in [0.15, 0.2) is 15.7 Å². The van der Waals surface area contributed by atoms with Gasteiger partial charge in [0.2, 0.25) is 0 Å². The maximum absolute atomic E-state index is 12.4. The highest BCUT2D eigenvalue weighted by Gasteiger charge is 2.48. The van der Waals surface area contributed by atoms with Crippen molar-refractivity contribution in [2.75, 3.05) is 48.3 Å². The van der Waals surface area contributed by atoms with E-state index in [0.717, 1.165) is 10.6 Å². The number of hydrogen-bond acceptors (Lipinski definition) is 10. The third-order valence-corrected chi connectivity index (χ3v) is 3.91. The van der Waals surface area contributed by atoms with Crippen molar-refractivity contribution in [3.8, 4) is 0 Å². The Morgan fingerprint density at radius 3 is 2.32 bits per heavy atom. The Kier molecular flexibility index (Phi) is 8.92. The Bertz CT molecular complexity index is 733. The molecule has 0 saturated carbocycles. The molecule has 1 N–H and O–H groups in total. The van der Waals surface area contributed by atoms with Gasteiger partial charge in [0.25, 0.3) is 5.56 Å². The van der Waals surface area contributed by atoms with Gasteiger partial charge in [0.1, 0.15) is 38.7 Å². The molecule has 2 heterocycles. The van der Waals surface area contributed by atoms with E-state index in [9.17, 15) is 14.4 Å². The van der Waals surface area contributed by atoms with E-state index in [1.54, 1.807) is 0 Å². The number of rotatable bonds is 12. The molecule has 0 spiro atoms. The van der Waals surface area contributed by atoms with Crippen molar-refractivity contribution in [3.63, 3.8) is 0 Å². The highest BCUT2D eigenvalue weighted by Crippen LogP contribution is 2.33. The smallest absolute Gasteiger partial charge is 0.331 e. The average Bonchev–Trinajstić information content (AvgIpc) is 3.01. The van der Waals surface area contributed by atoms with E-state index in [1.807, 2.05) is 0 Å². The van der Waals surface area contributed by atoms with Gasteiger partial charge in [0, 0.05) is 27.4 Å². The standard InChI is InChI=1S/C16H24N2O10/c1-22-7-25-6-11-13(26-8-23-2)14(27-9-24-3)15(28-11)18-10(5-19)4-12(20)17-16(18)21/h4-5,11,13-15H,6-9H2,1-3H3,(H,17,20,21)/t11-,13-,14-,15-/m1/s1. The van der Waals surface area contributed by atoms with Crippen LogP contribution in [0.3, 0.4) is 0 Å². The Hall–Kier alpha value is -1.93.